The van der Waals surface area contributed by atoms with Crippen LogP contribution in [-0.2, 0) is 13.1 Å². The number of piperidine rings is 1. The van der Waals surface area contributed by atoms with Crippen molar-refractivity contribution in [2.24, 2.45) is 0 Å². The highest BCUT2D eigenvalue weighted by atomic mass is 16.3. The van der Waals surface area contributed by atoms with Gasteiger partial charge in [-0.15, -0.1) is 0 Å². The van der Waals surface area contributed by atoms with Crippen molar-refractivity contribution < 1.29 is 9.21 Å². The van der Waals surface area contributed by atoms with Gasteiger partial charge in [-0.1, -0.05) is 30.3 Å². The van der Waals surface area contributed by atoms with E-state index in [0.717, 1.165) is 55.2 Å². The second-order valence-electron chi connectivity index (χ2n) is 7.96. The molecule has 152 valence electrons. The lowest BCUT2D eigenvalue weighted by Gasteiger charge is -2.32. The minimum absolute atomic E-state index is 0.0327. The van der Waals surface area contributed by atoms with Crippen LogP contribution in [-0.4, -0.2) is 34.5 Å². The maximum atomic E-state index is 12.9. The smallest absolute Gasteiger partial charge is 0.253 e. The summed E-state index contributed by atoms with van der Waals surface area (Å²) in [7, 11) is 0. The topological polar surface area (TPSA) is 50.4 Å². The fraction of sp³-hybridized carbons (Fsp3) is 0.375. The van der Waals surface area contributed by atoms with Gasteiger partial charge in [-0.2, -0.15) is 0 Å². The van der Waals surface area contributed by atoms with Gasteiger partial charge in [0.2, 0.25) is 0 Å². The number of furan rings is 1. The Balaban J connectivity index is 1.33. The Morgan fingerprint density at radius 2 is 1.83 bits per heavy atom. The van der Waals surface area contributed by atoms with Crippen molar-refractivity contribution in [3.63, 3.8) is 0 Å². The van der Waals surface area contributed by atoms with Gasteiger partial charge in [0.15, 0.2) is 0 Å². The lowest BCUT2D eigenvalue weighted by Crippen LogP contribution is -2.44. The number of likely N-dealkylation sites (tertiary alicyclic amines) is 1. The molecule has 5 nitrogen and oxygen atoms in total. The Bertz CT molecular complexity index is 936. The van der Waals surface area contributed by atoms with Crippen molar-refractivity contribution in [3.05, 3.63) is 83.1 Å². The highest BCUT2D eigenvalue weighted by molar-refractivity contribution is 5.95. The minimum atomic E-state index is 0.0327. The molecule has 1 saturated heterocycles. The molecule has 0 aliphatic carbocycles. The number of hydrogen-bond acceptors (Lipinski definition) is 3. The first-order valence-electron chi connectivity index (χ1n) is 10.4. The molecule has 3 heterocycles. The van der Waals surface area contributed by atoms with Crippen molar-refractivity contribution in [3.8, 4) is 0 Å². The summed E-state index contributed by atoms with van der Waals surface area (Å²) in [4.78, 5) is 15.4. The van der Waals surface area contributed by atoms with Gasteiger partial charge < -0.3 is 14.3 Å². The summed E-state index contributed by atoms with van der Waals surface area (Å²) in [5, 5.41) is 3.26. The second-order valence-corrected chi connectivity index (χ2v) is 7.96. The van der Waals surface area contributed by atoms with Crippen LogP contribution in [0.4, 0.5) is 0 Å². The molecule has 0 atom stereocenters. The zero-order chi connectivity index (χ0) is 20.2. The molecule has 1 aliphatic heterocycles. The standard InChI is InChI=1S/C24H29N3O2/c1-18-15-23(19(2)27(18)17-22-9-6-14-29-22)24(28)25-21-10-12-26(13-11-21)16-20-7-4-3-5-8-20/h3-9,14-15,21H,10-13,16-17H2,1-2H3,(H,25,28). The number of carbonyl (C=O) groups excluding carboxylic acids is 1. The maximum Gasteiger partial charge on any atom is 0.253 e. The molecular weight excluding hydrogens is 362 g/mol. The normalized spacial score (nSPS) is 15.5. The molecule has 0 saturated carbocycles. The molecule has 1 fully saturated rings. The Kier molecular flexibility index (Phi) is 5.86. The van der Waals surface area contributed by atoms with Crippen LogP contribution in [0.25, 0.3) is 0 Å². The number of amides is 1. The quantitative estimate of drug-likeness (QED) is 0.687. The van der Waals surface area contributed by atoms with Gasteiger partial charge in [0, 0.05) is 37.1 Å². The first kappa shape index (κ1) is 19.5. The molecule has 3 aromatic rings. The summed E-state index contributed by atoms with van der Waals surface area (Å²) < 4.78 is 7.60. The summed E-state index contributed by atoms with van der Waals surface area (Å²) in [5.74, 6) is 0.926. The summed E-state index contributed by atoms with van der Waals surface area (Å²) in [6.07, 6.45) is 3.66. The molecule has 2 aromatic heterocycles. The highest BCUT2D eigenvalue weighted by Gasteiger charge is 2.23. The molecule has 29 heavy (non-hydrogen) atoms. The van der Waals surface area contributed by atoms with E-state index in [1.807, 2.05) is 32.0 Å². The van der Waals surface area contributed by atoms with Crippen molar-refractivity contribution >= 4 is 5.91 Å². The van der Waals surface area contributed by atoms with Crippen molar-refractivity contribution in [2.75, 3.05) is 13.1 Å². The van der Waals surface area contributed by atoms with Crippen LogP contribution in [0.15, 0.2) is 59.2 Å². The third kappa shape index (κ3) is 4.62. The molecule has 0 bridgehead atoms. The van der Waals surface area contributed by atoms with E-state index in [4.69, 9.17) is 4.42 Å². The van der Waals surface area contributed by atoms with Gasteiger partial charge in [0.1, 0.15) is 5.76 Å². The fourth-order valence-electron chi connectivity index (χ4n) is 4.17. The molecule has 1 aliphatic rings. The van der Waals surface area contributed by atoms with E-state index in [1.165, 1.54) is 5.56 Å². The first-order valence-corrected chi connectivity index (χ1v) is 10.4. The lowest BCUT2D eigenvalue weighted by molar-refractivity contribution is 0.0908. The molecule has 0 spiro atoms. The second kappa shape index (κ2) is 8.70. The highest BCUT2D eigenvalue weighted by Crippen LogP contribution is 2.19. The van der Waals surface area contributed by atoms with E-state index in [-0.39, 0.29) is 11.9 Å². The van der Waals surface area contributed by atoms with Crippen LogP contribution >= 0.6 is 0 Å². The zero-order valence-electron chi connectivity index (χ0n) is 17.2. The number of rotatable bonds is 6. The number of carbonyl (C=O) groups is 1. The predicted octanol–water partition coefficient (Wildman–Crippen LogP) is 4.14. The largest absolute Gasteiger partial charge is 0.467 e. The van der Waals surface area contributed by atoms with Crippen molar-refractivity contribution in [1.82, 2.24) is 14.8 Å². The zero-order valence-corrected chi connectivity index (χ0v) is 17.2. The van der Waals surface area contributed by atoms with Gasteiger partial charge in [-0.25, -0.2) is 0 Å². The Hall–Kier alpha value is -2.79. The first-order chi connectivity index (χ1) is 14.1. The number of nitrogens with zero attached hydrogens (tertiary/aromatic N) is 2. The van der Waals surface area contributed by atoms with E-state index in [1.54, 1.807) is 6.26 Å². The summed E-state index contributed by atoms with van der Waals surface area (Å²) in [6, 6.07) is 16.6. The number of aryl methyl sites for hydroxylation is 1. The SMILES string of the molecule is Cc1cc(C(=O)NC2CCN(Cc3ccccc3)CC2)c(C)n1Cc1ccco1. The van der Waals surface area contributed by atoms with Gasteiger partial charge in [-0.05, 0) is 50.5 Å². The Labute approximate surface area is 172 Å². The van der Waals surface area contributed by atoms with Crippen LogP contribution in [0.5, 0.6) is 0 Å². The third-order valence-corrected chi connectivity index (χ3v) is 5.88. The van der Waals surface area contributed by atoms with Gasteiger partial charge >= 0.3 is 0 Å². The molecule has 1 amide bonds. The van der Waals surface area contributed by atoms with Crippen molar-refractivity contribution in [1.29, 1.82) is 0 Å². The molecule has 4 rings (SSSR count). The van der Waals surface area contributed by atoms with Crippen LogP contribution in [0, 0.1) is 13.8 Å². The molecule has 1 N–H and O–H groups in total. The van der Waals surface area contributed by atoms with E-state index >= 15 is 0 Å². The molecule has 0 unspecified atom stereocenters. The fourth-order valence-corrected chi connectivity index (χ4v) is 4.17. The van der Waals surface area contributed by atoms with Gasteiger partial charge in [-0.3, -0.25) is 9.69 Å². The summed E-state index contributed by atoms with van der Waals surface area (Å²) in [6.45, 7) is 7.70. The lowest BCUT2D eigenvalue weighted by atomic mass is 10.0. The monoisotopic (exact) mass is 391 g/mol. The maximum absolute atomic E-state index is 12.9. The predicted molar refractivity (Wildman–Crippen MR) is 114 cm³/mol. The minimum Gasteiger partial charge on any atom is -0.467 e. The summed E-state index contributed by atoms with van der Waals surface area (Å²) in [5.41, 5.74) is 4.17. The molecular formula is C24H29N3O2. The number of benzene rings is 1. The van der Waals surface area contributed by atoms with Crippen LogP contribution < -0.4 is 5.32 Å². The molecule has 0 radical (unpaired) electrons. The Morgan fingerprint density at radius 1 is 1.07 bits per heavy atom. The van der Waals surface area contributed by atoms with Crippen LogP contribution in [0.2, 0.25) is 0 Å². The van der Waals surface area contributed by atoms with E-state index in [2.05, 4.69) is 45.1 Å². The van der Waals surface area contributed by atoms with Crippen molar-refractivity contribution in [2.45, 2.75) is 45.8 Å². The third-order valence-electron chi connectivity index (χ3n) is 5.88. The van der Waals surface area contributed by atoms with E-state index in [0.29, 0.717) is 6.54 Å². The van der Waals surface area contributed by atoms with Gasteiger partial charge in [0.05, 0.1) is 18.4 Å². The van der Waals surface area contributed by atoms with Crippen LogP contribution in [0.3, 0.4) is 0 Å². The summed E-state index contributed by atoms with van der Waals surface area (Å²) >= 11 is 0. The molecule has 1 aromatic carbocycles. The van der Waals surface area contributed by atoms with Gasteiger partial charge in [0.25, 0.3) is 5.91 Å². The number of hydrogen-bond donors (Lipinski definition) is 1. The number of nitrogens with one attached hydrogen (secondary N) is 1. The average Bonchev–Trinajstić information content (AvgIpc) is 3.34. The Morgan fingerprint density at radius 3 is 2.52 bits per heavy atom. The molecule has 5 heteroatoms. The van der Waals surface area contributed by atoms with E-state index in [9.17, 15) is 4.79 Å². The average molecular weight is 392 g/mol. The van der Waals surface area contributed by atoms with E-state index < -0.39 is 0 Å². The van der Waals surface area contributed by atoms with Crippen LogP contribution in [0.1, 0.15) is 45.9 Å². The number of aromatic nitrogens is 1.